The summed E-state index contributed by atoms with van der Waals surface area (Å²) in [5.41, 5.74) is 12.1. The molecule has 0 spiro atoms. The molecule has 2 heterocycles. The van der Waals surface area contributed by atoms with Crippen LogP contribution in [-0.4, -0.2) is 17.3 Å². The molecule has 174 valence electrons. The van der Waals surface area contributed by atoms with Crippen LogP contribution in [0.5, 0.6) is 17.4 Å². The van der Waals surface area contributed by atoms with E-state index in [0.29, 0.717) is 18.1 Å². The summed E-state index contributed by atoms with van der Waals surface area (Å²) in [4.78, 5) is 0. The standard InChI is InChI=1S/C28H24N4O3/c1-17-5-3-4-6-20(17)16-34-22-13-7-18(8-14-22)24-23(15-29)27(30)35-28-25(24)26(31-32-28)19-9-11-21(33-2)12-10-19/h3-14,24H,16,30H2,1-2H3,(H,31,32)/t24-/m0/s1. The zero-order valence-corrected chi connectivity index (χ0v) is 19.4. The molecule has 0 unspecified atom stereocenters. The van der Waals surface area contributed by atoms with E-state index in [9.17, 15) is 5.26 Å². The summed E-state index contributed by atoms with van der Waals surface area (Å²) in [5.74, 6) is 1.46. The van der Waals surface area contributed by atoms with E-state index in [1.54, 1.807) is 7.11 Å². The number of hydrogen-bond acceptors (Lipinski definition) is 6. The Morgan fingerprint density at radius 2 is 1.74 bits per heavy atom. The van der Waals surface area contributed by atoms with Crippen LogP contribution >= 0.6 is 0 Å². The maximum atomic E-state index is 9.94. The zero-order chi connectivity index (χ0) is 24.4. The average molecular weight is 465 g/mol. The molecule has 3 N–H and O–H groups in total. The molecule has 1 aliphatic heterocycles. The molecule has 0 bridgehead atoms. The number of aryl methyl sites for hydroxylation is 1. The molecule has 7 heteroatoms. The number of nitrogens with zero attached hydrogens (tertiary/aromatic N) is 2. The van der Waals surface area contributed by atoms with Crippen LogP contribution in [0, 0.1) is 18.3 Å². The van der Waals surface area contributed by atoms with Crippen LogP contribution in [0.2, 0.25) is 0 Å². The van der Waals surface area contributed by atoms with E-state index in [1.165, 1.54) is 5.56 Å². The highest BCUT2D eigenvalue weighted by molar-refractivity contribution is 5.71. The fraction of sp³-hybridized carbons (Fsp3) is 0.143. The second-order valence-corrected chi connectivity index (χ2v) is 8.25. The number of hydrogen-bond donors (Lipinski definition) is 2. The lowest BCUT2D eigenvalue weighted by atomic mass is 9.83. The summed E-state index contributed by atoms with van der Waals surface area (Å²) in [6, 6.07) is 25.7. The van der Waals surface area contributed by atoms with Gasteiger partial charge in [-0.2, -0.15) is 5.26 Å². The Kier molecular flexibility index (Phi) is 5.86. The largest absolute Gasteiger partial charge is 0.497 e. The molecule has 1 atom stereocenters. The normalized spacial score (nSPS) is 14.6. The number of ether oxygens (including phenoxy) is 3. The number of rotatable bonds is 6. The van der Waals surface area contributed by atoms with Crippen molar-refractivity contribution in [3.8, 4) is 34.7 Å². The predicted molar refractivity (Wildman–Crippen MR) is 132 cm³/mol. The van der Waals surface area contributed by atoms with E-state index >= 15 is 0 Å². The molecule has 0 fully saturated rings. The minimum atomic E-state index is -0.440. The predicted octanol–water partition coefficient (Wildman–Crippen LogP) is 5.19. The van der Waals surface area contributed by atoms with Crippen LogP contribution in [0.25, 0.3) is 11.3 Å². The summed E-state index contributed by atoms with van der Waals surface area (Å²) < 4.78 is 17.0. The van der Waals surface area contributed by atoms with E-state index in [4.69, 9.17) is 19.9 Å². The monoisotopic (exact) mass is 464 g/mol. The molecule has 0 aliphatic carbocycles. The third-order valence-electron chi connectivity index (χ3n) is 6.19. The van der Waals surface area contributed by atoms with Crippen molar-refractivity contribution in [3.63, 3.8) is 0 Å². The van der Waals surface area contributed by atoms with Gasteiger partial charge in [0, 0.05) is 5.56 Å². The van der Waals surface area contributed by atoms with Crippen LogP contribution in [0.1, 0.15) is 28.2 Å². The van der Waals surface area contributed by atoms with E-state index in [0.717, 1.165) is 39.4 Å². The van der Waals surface area contributed by atoms with Crippen LogP contribution in [0.3, 0.4) is 0 Å². The zero-order valence-electron chi connectivity index (χ0n) is 19.4. The SMILES string of the molecule is COc1ccc(-c2[nH]nc3c2[C@@H](c2ccc(OCc4ccccc4C)cc2)C(C#N)=C(N)O3)cc1. The number of allylic oxidation sites excluding steroid dienone is 1. The first-order valence-electron chi connectivity index (χ1n) is 11.2. The van der Waals surface area contributed by atoms with E-state index in [-0.39, 0.29) is 5.88 Å². The van der Waals surface area contributed by atoms with Gasteiger partial charge in [0.05, 0.1) is 24.3 Å². The first-order chi connectivity index (χ1) is 17.1. The van der Waals surface area contributed by atoms with Gasteiger partial charge in [-0.25, -0.2) is 0 Å². The molecular formula is C28H24N4O3. The highest BCUT2D eigenvalue weighted by Crippen LogP contribution is 2.46. The van der Waals surface area contributed by atoms with Crippen molar-refractivity contribution in [2.75, 3.05) is 7.11 Å². The number of aromatic nitrogens is 2. The lowest BCUT2D eigenvalue weighted by Gasteiger charge is -2.24. The van der Waals surface area contributed by atoms with Gasteiger partial charge in [-0.3, -0.25) is 5.10 Å². The fourth-order valence-electron chi connectivity index (χ4n) is 4.25. The van der Waals surface area contributed by atoms with Crippen molar-refractivity contribution in [1.82, 2.24) is 10.2 Å². The van der Waals surface area contributed by atoms with Crippen molar-refractivity contribution < 1.29 is 14.2 Å². The van der Waals surface area contributed by atoms with Gasteiger partial charge in [0.2, 0.25) is 11.8 Å². The number of nitrogens with two attached hydrogens (primary N) is 1. The quantitative estimate of drug-likeness (QED) is 0.407. The van der Waals surface area contributed by atoms with Crippen molar-refractivity contribution in [3.05, 3.63) is 107 Å². The maximum absolute atomic E-state index is 9.94. The topological polar surface area (TPSA) is 106 Å². The lowest BCUT2D eigenvalue weighted by Crippen LogP contribution is -2.21. The number of H-pyrrole nitrogens is 1. The number of nitriles is 1. The summed E-state index contributed by atoms with van der Waals surface area (Å²) in [7, 11) is 1.62. The molecular weight excluding hydrogens is 440 g/mol. The van der Waals surface area contributed by atoms with E-state index in [1.807, 2.05) is 60.7 Å². The molecule has 0 saturated carbocycles. The van der Waals surface area contributed by atoms with Gasteiger partial charge in [0.25, 0.3) is 0 Å². The lowest BCUT2D eigenvalue weighted by molar-refractivity contribution is 0.305. The smallest absolute Gasteiger partial charge is 0.244 e. The van der Waals surface area contributed by atoms with Crippen molar-refractivity contribution >= 4 is 0 Å². The summed E-state index contributed by atoms with van der Waals surface area (Å²) in [6.45, 7) is 2.54. The second-order valence-electron chi connectivity index (χ2n) is 8.25. The number of nitrogens with one attached hydrogen (secondary N) is 1. The second kappa shape index (κ2) is 9.27. The van der Waals surface area contributed by atoms with Crippen molar-refractivity contribution in [2.45, 2.75) is 19.4 Å². The summed E-state index contributed by atoms with van der Waals surface area (Å²) >= 11 is 0. The van der Waals surface area contributed by atoms with Gasteiger partial charge in [-0.05, 0) is 60.0 Å². The third kappa shape index (κ3) is 4.18. The van der Waals surface area contributed by atoms with Crippen LogP contribution in [0.15, 0.2) is 84.3 Å². The van der Waals surface area contributed by atoms with Gasteiger partial charge >= 0.3 is 0 Å². The fourth-order valence-corrected chi connectivity index (χ4v) is 4.25. The molecule has 0 amide bonds. The minimum absolute atomic E-state index is 0.0534. The Labute approximate surface area is 203 Å². The van der Waals surface area contributed by atoms with Crippen LogP contribution < -0.4 is 19.9 Å². The molecule has 0 saturated heterocycles. The van der Waals surface area contributed by atoms with E-state index < -0.39 is 5.92 Å². The molecule has 0 radical (unpaired) electrons. The van der Waals surface area contributed by atoms with Crippen molar-refractivity contribution in [2.24, 2.45) is 5.73 Å². The van der Waals surface area contributed by atoms with Gasteiger partial charge in [0.15, 0.2) is 0 Å². The Balaban J connectivity index is 1.48. The molecule has 4 aromatic rings. The highest BCUT2D eigenvalue weighted by Gasteiger charge is 2.35. The number of aromatic amines is 1. The van der Waals surface area contributed by atoms with Gasteiger partial charge in [-0.15, -0.1) is 5.10 Å². The molecule has 35 heavy (non-hydrogen) atoms. The first-order valence-corrected chi connectivity index (χ1v) is 11.2. The number of fused-ring (bicyclic) bond motifs is 1. The number of methoxy groups -OCH3 is 1. The number of benzene rings is 3. The minimum Gasteiger partial charge on any atom is -0.497 e. The molecule has 7 nitrogen and oxygen atoms in total. The van der Waals surface area contributed by atoms with Gasteiger partial charge < -0.3 is 19.9 Å². The van der Waals surface area contributed by atoms with Gasteiger partial charge in [0.1, 0.15) is 29.7 Å². The third-order valence-corrected chi connectivity index (χ3v) is 6.19. The van der Waals surface area contributed by atoms with E-state index in [2.05, 4.69) is 35.3 Å². The molecule has 1 aliphatic rings. The molecule has 3 aromatic carbocycles. The summed E-state index contributed by atoms with van der Waals surface area (Å²) in [6.07, 6.45) is 0. The molecule has 1 aromatic heterocycles. The Bertz CT molecular complexity index is 1430. The summed E-state index contributed by atoms with van der Waals surface area (Å²) in [5, 5.41) is 17.3. The highest BCUT2D eigenvalue weighted by atomic mass is 16.5. The van der Waals surface area contributed by atoms with Crippen molar-refractivity contribution in [1.29, 1.82) is 5.26 Å². The Morgan fingerprint density at radius 1 is 1.03 bits per heavy atom. The Morgan fingerprint density at radius 3 is 2.43 bits per heavy atom. The maximum Gasteiger partial charge on any atom is 0.244 e. The molecule has 5 rings (SSSR count). The van der Waals surface area contributed by atoms with Crippen LogP contribution in [0.4, 0.5) is 0 Å². The average Bonchev–Trinajstić information content (AvgIpc) is 3.31. The Hall–Kier alpha value is -4.70. The van der Waals surface area contributed by atoms with Crippen LogP contribution in [-0.2, 0) is 6.61 Å². The first kappa shape index (κ1) is 22.1. The van der Waals surface area contributed by atoms with Gasteiger partial charge in [-0.1, -0.05) is 36.4 Å².